The van der Waals surface area contributed by atoms with Crippen molar-refractivity contribution >= 4 is 44.9 Å². The zero-order valence-corrected chi connectivity index (χ0v) is 17.2. The second-order valence-corrected chi connectivity index (χ2v) is 7.35. The van der Waals surface area contributed by atoms with E-state index in [0.717, 1.165) is 28.2 Å². The molecule has 2 amide bonds. The number of benzene rings is 1. The quantitative estimate of drug-likeness (QED) is 0.567. The van der Waals surface area contributed by atoms with Gasteiger partial charge < -0.3 is 9.47 Å². The number of ether oxygens (including phenoxy) is 2. The van der Waals surface area contributed by atoms with Crippen molar-refractivity contribution in [1.82, 2.24) is 4.90 Å². The Kier molecular flexibility index (Phi) is 6.95. The monoisotopic (exact) mass is 427 g/mol. The Labute approximate surface area is 160 Å². The van der Waals surface area contributed by atoms with Crippen molar-refractivity contribution in [3.8, 4) is 11.5 Å². The van der Waals surface area contributed by atoms with E-state index in [0.29, 0.717) is 29.6 Å². The maximum Gasteiger partial charge on any atom is 0.293 e. The highest BCUT2D eigenvalue weighted by atomic mass is 79.9. The minimum atomic E-state index is -0.243. The molecule has 0 N–H and O–H groups in total. The molecule has 2 rings (SSSR count). The molecule has 0 unspecified atom stereocenters. The van der Waals surface area contributed by atoms with E-state index in [1.165, 1.54) is 4.90 Å². The predicted octanol–water partition coefficient (Wildman–Crippen LogP) is 5.08. The van der Waals surface area contributed by atoms with Gasteiger partial charge in [-0.25, -0.2) is 0 Å². The lowest BCUT2D eigenvalue weighted by Gasteiger charge is -2.19. The van der Waals surface area contributed by atoms with E-state index in [9.17, 15) is 9.59 Å². The van der Waals surface area contributed by atoms with Gasteiger partial charge in [0.05, 0.1) is 22.6 Å². The highest BCUT2D eigenvalue weighted by molar-refractivity contribution is 9.10. The molecule has 1 saturated heterocycles. The van der Waals surface area contributed by atoms with E-state index in [1.807, 2.05) is 39.8 Å². The molecule has 5 nitrogen and oxygen atoms in total. The molecule has 0 saturated carbocycles. The molecule has 0 bridgehead atoms. The summed E-state index contributed by atoms with van der Waals surface area (Å²) in [7, 11) is 0. The number of thioether (sulfide) groups is 1. The van der Waals surface area contributed by atoms with Crippen LogP contribution in [0.1, 0.15) is 39.7 Å². The SMILES string of the molecule is CCOc1cc(/C=C2/SC(=O)N([C@H](C)CC)C2=O)cc(Br)c1OCC. The average Bonchev–Trinajstić information content (AvgIpc) is 2.84. The molecule has 1 aromatic carbocycles. The second-order valence-electron chi connectivity index (χ2n) is 5.50. The number of hydrogen-bond donors (Lipinski definition) is 0. The third-order valence-electron chi connectivity index (χ3n) is 3.77. The summed E-state index contributed by atoms with van der Waals surface area (Å²) in [5.41, 5.74) is 0.772. The Morgan fingerprint density at radius 1 is 1.20 bits per heavy atom. The highest BCUT2D eigenvalue weighted by Crippen LogP contribution is 2.39. The topological polar surface area (TPSA) is 55.8 Å². The molecule has 136 valence electrons. The molecule has 0 aliphatic carbocycles. The molecule has 7 heteroatoms. The molecule has 0 aromatic heterocycles. The van der Waals surface area contributed by atoms with Gasteiger partial charge in [-0.1, -0.05) is 6.92 Å². The van der Waals surface area contributed by atoms with E-state index in [1.54, 1.807) is 6.08 Å². The van der Waals surface area contributed by atoms with Crippen LogP contribution in [0.4, 0.5) is 4.79 Å². The standard InChI is InChI=1S/C18H22BrNO4S/c1-5-11(4)20-17(21)15(25-18(20)22)10-12-8-13(19)16(24-7-3)14(9-12)23-6-2/h8-11H,5-7H2,1-4H3/b15-10+/t11-/m1/s1. The largest absolute Gasteiger partial charge is 0.490 e. The molecule has 25 heavy (non-hydrogen) atoms. The van der Waals surface area contributed by atoms with Gasteiger partial charge in [-0.2, -0.15) is 0 Å². The molecule has 1 heterocycles. The Morgan fingerprint density at radius 3 is 2.48 bits per heavy atom. The van der Waals surface area contributed by atoms with Crippen LogP contribution in [0.25, 0.3) is 6.08 Å². The molecular weight excluding hydrogens is 406 g/mol. The molecule has 1 aliphatic rings. The molecule has 0 radical (unpaired) electrons. The van der Waals surface area contributed by atoms with Gasteiger partial charge in [0.2, 0.25) is 0 Å². The first-order chi connectivity index (χ1) is 11.9. The summed E-state index contributed by atoms with van der Waals surface area (Å²) in [5, 5.41) is -0.222. The van der Waals surface area contributed by atoms with E-state index in [-0.39, 0.29) is 17.2 Å². The number of rotatable bonds is 7. The van der Waals surface area contributed by atoms with Crippen LogP contribution in [0.3, 0.4) is 0 Å². The van der Waals surface area contributed by atoms with Gasteiger partial charge in [0.25, 0.3) is 11.1 Å². The summed E-state index contributed by atoms with van der Waals surface area (Å²) < 4.78 is 12.0. The second kappa shape index (κ2) is 8.76. The van der Waals surface area contributed by atoms with Gasteiger partial charge in [-0.3, -0.25) is 14.5 Å². The number of carbonyl (C=O) groups excluding carboxylic acids is 2. The van der Waals surface area contributed by atoms with E-state index < -0.39 is 0 Å². The molecule has 1 fully saturated rings. The maximum atomic E-state index is 12.5. The summed E-state index contributed by atoms with van der Waals surface area (Å²) in [6, 6.07) is 3.56. The van der Waals surface area contributed by atoms with Gasteiger partial charge in [0.1, 0.15) is 0 Å². The van der Waals surface area contributed by atoms with Crippen LogP contribution >= 0.6 is 27.7 Å². The van der Waals surface area contributed by atoms with E-state index >= 15 is 0 Å². The van der Waals surface area contributed by atoms with Crippen LogP contribution in [0.15, 0.2) is 21.5 Å². The lowest BCUT2D eigenvalue weighted by molar-refractivity contribution is -0.124. The summed E-state index contributed by atoms with van der Waals surface area (Å²) in [6.45, 7) is 8.65. The predicted molar refractivity (Wildman–Crippen MR) is 104 cm³/mol. The van der Waals surface area contributed by atoms with Crippen molar-refractivity contribution in [1.29, 1.82) is 0 Å². The number of amides is 2. The van der Waals surface area contributed by atoms with Crippen LogP contribution < -0.4 is 9.47 Å². The molecular formula is C18H22BrNO4S. The van der Waals surface area contributed by atoms with Crippen molar-refractivity contribution in [2.45, 2.75) is 40.2 Å². The number of carbonyl (C=O) groups is 2. The fraction of sp³-hybridized carbons (Fsp3) is 0.444. The molecule has 0 spiro atoms. The zero-order valence-electron chi connectivity index (χ0n) is 14.8. The molecule has 1 atom stereocenters. The maximum absolute atomic E-state index is 12.5. The zero-order chi connectivity index (χ0) is 18.6. The van der Waals surface area contributed by atoms with Crippen LogP contribution in [0.2, 0.25) is 0 Å². The van der Waals surface area contributed by atoms with Crippen molar-refractivity contribution < 1.29 is 19.1 Å². The molecule has 1 aliphatic heterocycles. The Morgan fingerprint density at radius 2 is 1.88 bits per heavy atom. The number of hydrogen-bond acceptors (Lipinski definition) is 5. The fourth-order valence-corrected chi connectivity index (χ4v) is 3.92. The van der Waals surface area contributed by atoms with Gasteiger partial charge in [-0.15, -0.1) is 0 Å². The van der Waals surface area contributed by atoms with Crippen LogP contribution in [-0.2, 0) is 4.79 Å². The van der Waals surface area contributed by atoms with Gasteiger partial charge in [0.15, 0.2) is 11.5 Å². The van der Waals surface area contributed by atoms with Gasteiger partial charge >= 0.3 is 0 Å². The van der Waals surface area contributed by atoms with Crippen molar-refractivity contribution in [3.63, 3.8) is 0 Å². The number of nitrogens with zero attached hydrogens (tertiary/aromatic N) is 1. The fourth-order valence-electron chi connectivity index (χ4n) is 2.41. The minimum absolute atomic E-state index is 0.107. The summed E-state index contributed by atoms with van der Waals surface area (Å²) >= 11 is 4.46. The van der Waals surface area contributed by atoms with Gasteiger partial charge in [-0.05, 0) is 78.7 Å². The van der Waals surface area contributed by atoms with E-state index in [4.69, 9.17) is 9.47 Å². The van der Waals surface area contributed by atoms with Crippen molar-refractivity contribution in [3.05, 3.63) is 27.1 Å². The van der Waals surface area contributed by atoms with Crippen molar-refractivity contribution in [2.75, 3.05) is 13.2 Å². The Balaban J connectivity index is 2.38. The smallest absolute Gasteiger partial charge is 0.293 e. The lowest BCUT2D eigenvalue weighted by Crippen LogP contribution is -2.36. The summed E-state index contributed by atoms with van der Waals surface area (Å²) in [5.74, 6) is 0.993. The Hall–Kier alpha value is -1.47. The number of imide groups is 1. The number of halogens is 1. The third kappa shape index (κ3) is 4.39. The molecule has 1 aromatic rings. The summed E-state index contributed by atoms with van der Waals surface area (Å²) in [6.07, 6.45) is 2.45. The lowest BCUT2D eigenvalue weighted by atomic mass is 10.1. The average molecular weight is 428 g/mol. The van der Waals surface area contributed by atoms with E-state index in [2.05, 4.69) is 15.9 Å². The van der Waals surface area contributed by atoms with Crippen LogP contribution in [0, 0.1) is 0 Å². The van der Waals surface area contributed by atoms with Crippen LogP contribution in [0.5, 0.6) is 11.5 Å². The van der Waals surface area contributed by atoms with Gasteiger partial charge in [0, 0.05) is 6.04 Å². The summed E-state index contributed by atoms with van der Waals surface area (Å²) in [4.78, 5) is 26.4. The first-order valence-electron chi connectivity index (χ1n) is 8.29. The van der Waals surface area contributed by atoms with Crippen molar-refractivity contribution in [2.24, 2.45) is 0 Å². The third-order valence-corrected chi connectivity index (χ3v) is 5.25. The van der Waals surface area contributed by atoms with Crippen LogP contribution in [-0.4, -0.2) is 35.3 Å². The highest BCUT2D eigenvalue weighted by Gasteiger charge is 2.37. The minimum Gasteiger partial charge on any atom is -0.490 e. The first-order valence-corrected chi connectivity index (χ1v) is 9.89. The Bertz CT molecular complexity index is 705. The normalized spacial score (nSPS) is 17.3. The first kappa shape index (κ1) is 19.8.